The fraction of sp³-hybridized carbons (Fsp3) is 0.771. The van der Waals surface area contributed by atoms with Crippen molar-refractivity contribution in [3.63, 3.8) is 0 Å². The van der Waals surface area contributed by atoms with Crippen LogP contribution in [0.5, 0.6) is 0 Å². The Morgan fingerprint density at radius 1 is 1.11 bits per heavy atom. The molecule has 1 unspecified atom stereocenters. The number of rotatable bonds is 9. The zero-order valence-electron chi connectivity index (χ0n) is 28.7. The Hall–Kier alpha value is -2.80. The van der Waals surface area contributed by atoms with Gasteiger partial charge in [0, 0.05) is 43.6 Å². The molecule has 1 saturated carbocycles. The lowest BCUT2D eigenvalue weighted by Crippen LogP contribution is -2.59. The third-order valence-corrected chi connectivity index (χ3v) is 8.95. The molecule has 2 bridgehead atoms. The fourth-order valence-corrected chi connectivity index (χ4v) is 6.02. The summed E-state index contributed by atoms with van der Waals surface area (Å²) in [5.74, 6) is -3.05. The topological polar surface area (TPSA) is 175 Å². The van der Waals surface area contributed by atoms with Crippen molar-refractivity contribution in [1.82, 2.24) is 0 Å². The van der Waals surface area contributed by atoms with Gasteiger partial charge in [-0.25, -0.2) is 9.59 Å². The number of carbonyl (C=O) groups excluding carboxylic acids is 4. The van der Waals surface area contributed by atoms with Crippen molar-refractivity contribution < 1.29 is 58.2 Å². The Morgan fingerprint density at radius 3 is 2.51 bits per heavy atom. The second-order valence-electron chi connectivity index (χ2n) is 13.3. The normalized spacial score (nSPS) is 29.7. The fourth-order valence-electron chi connectivity index (χ4n) is 6.02. The largest absolute Gasteiger partial charge is 0.466 e. The number of ether oxygens (including phenoxy) is 5. The smallest absolute Gasteiger partial charge is 0.330 e. The number of carbonyl (C=O) groups is 4. The van der Waals surface area contributed by atoms with Gasteiger partial charge in [0.25, 0.3) is 0 Å². The maximum absolute atomic E-state index is 13.2. The van der Waals surface area contributed by atoms with E-state index in [1.165, 1.54) is 32.3 Å². The Balaban J connectivity index is 2.53. The van der Waals surface area contributed by atoms with Gasteiger partial charge in [0.05, 0.1) is 32.3 Å². The molecule has 47 heavy (non-hydrogen) atoms. The number of aliphatic hydroxyl groups is 3. The third-order valence-electron chi connectivity index (χ3n) is 8.95. The standard InChI is InChI=1S/C35H56O12/c1-6-7-8-9-10-12-30(39)47-33-26(21-31(40)43-5)19-25-20-28(24(2)36)46-32(41)22-27(37)14-18-44-16-11-17-45-29(38)13-15-34(3,4)35(33,42)23-25/h13,15,21,24-25,27-28,33,36-37,42H,6-12,14,16-20,22-23H2,1-5H3/t24-,25?,27-,28-,33+,35+/m1/s1. The highest BCUT2D eigenvalue weighted by atomic mass is 16.6. The van der Waals surface area contributed by atoms with E-state index in [-0.39, 0.29) is 58.3 Å². The van der Waals surface area contributed by atoms with Crippen LogP contribution in [0.2, 0.25) is 0 Å². The van der Waals surface area contributed by atoms with Crippen LogP contribution in [0.4, 0.5) is 0 Å². The number of hydrogen-bond donors (Lipinski definition) is 3. The van der Waals surface area contributed by atoms with Crippen LogP contribution in [0, 0.1) is 11.3 Å². The highest BCUT2D eigenvalue weighted by Crippen LogP contribution is 2.50. The summed E-state index contributed by atoms with van der Waals surface area (Å²) < 4.78 is 27.3. The highest BCUT2D eigenvalue weighted by Gasteiger charge is 2.56. The molecule has 2 rings (SSSR count). The van der Waals surface area contributed by atoms with E-state index in [0.29, 0.717) is 18.4 Å². The van der Waals surface area contributed by atoms with E-state index in [1.807, 2.05) is 0 Å². The first-order chi connectivity index (χ1) is 22.2. The molecule has 12 nitrogen and oxygen atoms in total. The molecule has 0 radical (unpaired) electrons. The van der Waals surface area contributed by atoms with Gasteiger partial charge in [0.15, 0.2) is 6.10 Å². The summed E-state index contributed by atoms with van der Waals surface area (Å²) in [5.41, 5.74) is -2.79. The van der Waals surface area contributed by atoms with Crippen molar-refractivity contribution in [1.29, 1.82) is 0 Å². The van der Waals surface area contributed by atoms with Gasteiger partial charge >= 0.3 is 23.9 Å². The van der Waals surface area contributed by atoms with Gasteiger partial charge in [-0.15, -0.1) is 0 Å². The van der Waals surface area contributed by atoms with Crippen molar-refractivity contribution >= 4 is 23.9 Å². The Kier molecular flexibility index (Phi) is 17.1. The number of esters is 4. The minimum absolute atomic E-state index is 0.00703. The summed E-state index contributed by atoms with van der Waals surface area (Å²) >= 11 is 0. The molecule has 0 spiro atoms. The van der Waals surface area contributed by atoms with Gasteiger partial charge in [-0.2, -0.15) is 0 Å². The summed E-state index contributed by atoms with van der Waals surface area (Å²) in [6.45, 7) is 7.49. The average molecular weight is 669 g/mol. The van der Waals surface area contributed by atoms with Crippen molar-refractivity contribution in [2.75, 3.05) is 26.9 Å². The molecule has 3 N–H and O–H groups in total. The van der Waals surface area contributed by atoms with Crippen LogP contribution < -0.4 is 0 Å². The minimum Gasteiger partial charge on any atom is -0.466 e. The maximum Gasteiger partial charge on any atom is 0.330 e. The second-order valence-corrected chi connectivity index (χ2v) is 13.3. The van der Waals surface area contributed by atoms with Gasteiger partial charge in [-0.3, -0.25) is 9.59 Å². The molecule has 1 aliphatic carbocycles. The first-order valence-electron chi connectivity index (χ1n) is 16.9. The predicted molar refractivity (Wildman–Crippen MR) is 172 cm³/mol. The van der Waals surface area contributed by atoms with Crippen molar-refractivity contribution in [2.24, 2.45) is 11.3 Å². The number of unbranched alkanes of at least 4 members (excludes halogenated alkanes) is 4. The van der Waals surface area contributed by atoms with Crippen LogP contribution in [0.25, 0.3) is 0 Å². The van der Waals surface area contributed by atoms with E-state index in [4.69, 9.17) is 23.7 Å². The molecule has 1 aliphatic heterocycles. The monoisotopic (exact) mass is 668 g/mol. The van der Waals surface area contributed by atoms with E-state index < -0.39 is 65.2 Å². The summed E-state index contributed by atoms with van der Waals surface area (Å²) in [5, 5.41) is 33.5. The van der Waals surface area contributed by atoms with Crippen LogP contribution in [0.15, 0.2) is 23.8 Å². The maximum atomic E-state index is 13.2. The lowest BCUT2D eigenvalue weighted by molar-refractivity contribution is -0.186. The molecule has 0 aromatic carbocycles. The van der Waals surface area contributed by atoms with Gasteiger partial charge in [-0.05, 0) is 50.5 Å². The summed E-state index contributed by atoms with van der Waals surface area (Å²) in [6.07, 6.45) is 4.76. The van der Waals surface area contributed by atoms with Crippen LogP contribution in [-0.4, -0.2) is 96.1 Å². The zero-order valence-corrected chi connectivity index (χ0v) is 28.7. The van der Waals surface area contributed by atoms with Gasteiger partial charge < -0.3 is 39.0 Å². The van der Waals surface area contributed by atoms with E-state index >= 15 is 0 Å². The van der Waals surface area contributed by atoms with Crippen molar-refractivity contribution in [3.05, 3.63) is 23.8 Å². The van der Waals surface area contributed by atoms with Gasteiger partial charge in [-0.1, -0.05) is 52.5 Å². The quantitative estimate of drug-likeness (QED) is 0.140. The lowest BCUT2D eigenvalue weighted by Gasteiger charge is -2.51. The number of methoxy groups -OCH3 is 1. The average Bonchev–Trinajstić information content (AvgIpc) is 3.00. The van der Waals surface area contributed by atoms with Crippen LogP contribution in [0.1, 0.15) is 105 Å². The van der Waals surface area contributed by atoms with Crippen molar-refractivity contribution in [3.8, 4) is 0 Å². The minimum atomic E-state index is -1.86. The van der Waals surface area contributed by atoms with E-state index in [0.717, 1.165) is 25.7 Å². The summed E-state index contributed by atoms with van der Waals surface area (Å²) in [7, 11) is 1.21. The van der Waals surface area contributed by atoms with Crippen LogP contribution >= 0.6 is 0 Å². The number of aliphatic hydroxyl groups excluding tert-OH is 2. The molecule has 268 valence electrons. The molecule has 0 aromatic heterocycles. The Morgan fingerprint density at radius 2 is 1.83 bits per heavy atom. The molecule has 1 heterocycles. The third kappa shape index (κ3) is 13.3. The molecule has 0 saturated heterocycles. The summed E-state index contributed by atoms with van der Waals surface area (Å²) in [6, 6.07) is 0. The molecule has 6 atom stereocenters. The van der Waals surface area contributed by atoms with Crippen LogP contribution in [0.3, 0.4) is 0 Å². The van der Waals surface area contributed by atoms with Gasteiger partial charge in [0.2, 0.25) is 0 Å². The van der Waals surface area contributed by atoms with E-state index in [2.05, 4.69) is 6.92 Å². The number of fused-ring (bicyclic) bond motifs is 2. The molecule has 1 fully saturated rings. The van der Waals surface area contributed by atoms with E-state index in [1.54, 1.807) is 13.8 Å². The van der Waals surface area contributed by atoms with E-state index in [9.17, 15) is 34.5 Å². The molecule has 2 aliphatic rings. The Bertz CT molecular complexity index is 1080. The molecule has 0 aromatic rings. The van der Waals surface area contributed by atoms with Gasteiger partial charge in [0.1, 0.15) is 11.7 Å². The molecule has 12 heteroatoms. The zero-order chi connectivity index (χ0) is 35.0. The first kappa shape index (κ1) is 40.4. The predicted octanol–water partition coefficient (Wildman–Crippen LogP) is 3.87. The highest BCUT2D eigenvalue weighted by molar-refractivity contribution is 5.83. The molecular formula is C35H56O12. The first-order valence-corrected chi connectivity index (χ1v) is 16.9. The summed E-state index contributed by atoms with van der Waals surface area (Å²) in [4.78, 5) is 51.1. The number of cyclic esters (lactones) is 2. The second kappa shape index (κ2) is 19.9. The van der Waals surface area contributed by atoms with Crippen LogP contribution in [-0.2, 0) is 42.9 Å². The Labute approximate surface area is 278 Å². The SMILES string of the molecule is CCCCCCCC(=O)O[C@H]1C(=CC(=O)OC)CC2C[C@H]([C@@H](C)O)OC(=O)C[C@H](O)CCOCCCOC(=O)C=CC(C)(C)[C@]1(O)C2. The lowest BCUT2D eigenvalue weighted by atomic mass is 9.60. The number of hydrogen-bond acceptors (Lipinski definition) is 12. The van der Waals surface area contributed by atoms with Crippen molar-refractivity contribution in [2.45, 2.75) is 135 Å². The molecular weight excluding hydrogens is 612 g/mol. The molecule has 0 amide bonds.